The predicted molar refractivity (Wildman–Crippen MR) is 73.1 cm³/mol. The Hall–Kier alpha value is -2.45. The first kappa shape index (κ1) is 14.0. The van der Waals surface area contributed by atoms with Crippen molar-refractivity contribution in [1.29, 1.82) is 5.26 Å². The number of anilines is 1. The van der Waals surface area contributed by atoms with Crippen molar-refractivity contribution in [2.75, 3.05) is 5.32 Å². The molecule has 20 heavy (non-hydrogen) atoms. The number of nitrogens with one attached hydrogen (secondary N) is 1. The zero-order valence-electron chi connectivity index (χ0n) is 10.4. The van der Waals surface area contributed by atoms with Gasteiger partial charge < -0.3 is 5.32 Å². The summed E-state index contributed by atoms with van der Waals surface area (Å²) < 4.78 is 13.0. The van der Waals surface area contributed by atoms with Crippen LogP contribution in [-0.2, 0) is 0 Å². The number of carbonyl (C=O) groups excluding carboxylic acids is 1. The number of nitrogens with zero attached hydrogens (tertiary/aromatic N) is 2. The van der Waals surface area contributed by atoms with E-state index in [1.807, 2.05) is 6.07 Å². The van der Waals surface area contributed by atoms with E-state index in [0.717, 1.165) is 12.1 Å². The number of aryl methyl sites for hydroxylation is 1. The third-order valence-corrected chi connectivity index (χ3v) is 2.90. The summed E-state index contributed by atoms with van der Waals surface area (Å²) in [6.07, 6.45) is 1.35. The summed E-state index contributed by atoms with van der Waals surface area (Å²) in [6.45, 7) is 1.75. The quantitative estimate of drug-likeness (QED) is 0.922. The molecule has 1 amide bonds. The van der Waals surface area contributed by atoms with E-state index < -0.39 is 11.7 Å². The number of pyridine rings is 1. The standard InChI is InChI=1S/C14H9ClFN3O/c1-8-4-12(15)11(7-18-8)14(20)19-13-3-2-10(16)5-9(13)6-17/h2-5,7H,1H3,(H,19,20). The van der Waals surface area contributed by atoms with Crippen molar-refractivity contribution in [3.05, 3.63) is 58.1 Å². The van der Waals surface area contributed by atoms with Crippen molar-refractivity contribution in [1.82, 2.24) is 4.98 Å². The molecule has 2 aromatic rings. The van der Waals surface area contributed by atoms with Crippen LogP contribution in [0.25, 0.3) is 0 Å². The lowest BCUT2D eigenvalue weighted by molar-refractivity contribution is 0.102. The molecule has 0 atom stereocenters. The number of hydrogen-bond donors (Lipinski definition) is 1. The first-order chi connectivity index (χ1) is 9.51. The van der Waals surface area contributed by atoms with Gasteiger partial charge in [-0.25, -0.2) is 4.39 Å². The average Bonchev–Trinajstić information content (AvgIpc) is 2.40. The number of aromatic nitrogens is 1. The molecular formula is C14H9ClFN3O. The molecule has 4 nitrogen and oxygen atoms in total. The lowest BCUT2D eigenvalue weighted by Gasteiger charge is -2.08. The maximum Gasteiger partial charge on any atom is 0.258 e. The summed E-state index contributed by atoms with van der Waals surface area (Å²) in [7, 11) is 0. The van der Waals surface area contributed by atoms with Gasteiger partial charge in [0.2, 0.25) is 0 Å². The molecule has 0 fully saturated rings. The average molecular weight is 290 g/mol. The Morgan fingerprint density at radius 3 is 2.85 bits per heavy atom. The number of rotatable bonds is 2. The van der Waals surface area contributed by atoms with Gasteiger partial charge in [0.1, 0.15) is 11.9 Å². The summed E-state index contributed by atoms with van der Waals surface area (Å²) in [5, 5.41) is 11.7. The van der Waals surface area contributed by atoms with Crippen LogP contribution in [-0.4, -0.2) is 10.9 Å². The van der Waals surface area contributed by atoms with Gasteiger partial charge in [0.05, 0.1) is 21.8 Å². The van der Waals surface area contributed by atoms with E-state index in [4.69, 9.17) is 16.9 Å². The number of hydrogen-bond acceptors (Lipinski definition) is 3. The molecule has 1 N–H and O–H groups in total. The third kappa shape index (κ3) is 2.92. The lowest BCUT2D eigenvalue weighted by Crippen LogP contribution is -2.14. The molecule has 2 rings (SSSR count). The molecule has 100 valence electrons. The van der Waals surface area contributed by atoms with Crippen molar-refractivity contribution >= 4 is 23.2 Å². The smallest absolute Gasteiger partial charge is 0.258 e. The lowest BCUT2D eigenvalue weighted by atomic mass is 10.1. The van der Waals surface area contributed by atoms with Crippen LogP contribution < -0.4 is 5.32 Å². The second-order valence-corrected chi connectivity index (χ2v) is 4.47. The van der Waals surface area contributed by atoms with Crippen LogP contribution in [0.3, 0.4) is 0 Å². The molecule has 1 aromatic heterocycles. The van der Waals surface area contributed by atoms with Gasteiger partial charge in [-0.1, -0.05) is 11.6 Å². The molecule has 1 aromatic carbocycles. The van der Waals surface area contributed by atoms with Crippen LogP contribution in [0.2, 0.25) is 5.02 Å². The number of benzene rings is 1. The Morgan fingerprint density at radius 2 is 2.20 bits per heavy atom. The van der Waals surface area contributed by atoms with Crippen molar-refractivity contribution in [3.63, 3.8) is 0 Å². The Balaban J connectivity index is 2.31. The highest BCUT2D eigenvalue weighted by Crippen LogP contribution is 2.20. The fourth-order valence-electron chi connectivity index (χ4n) is 1.60. The van der Waals surface area contributed by atoms with E-state index >= 15 is 0 Å². The van der Waals surface area contributed by atoms with Gasteiger partial charge in [0, 0.05) is 11.9 Å². The Morgan fingerprint density at radius 1 is 1.45 bits per heavy atom. The highest BCUT2D eigenvalue weighted by Gasteiger charge is 2.13. The summed E-state index contributed by atoms with van der Waals surface area (Å²) in [5.41, 5.74) is 1.13. The Kier molecular flexibility index (Phi) is 3.97. The molecule has 0 saturated heterocycles. The van der Waals surface area contributed by atoms with Crippen LogP contribution in [0.1, 0.15) is 21.6 Å². The fourth-order valence-corrected chi connectivity index (χ4v) is 1.89. The molecule has 0 bridgehead atoms. The van der Waals surface area contributed by atoms with Gasteiger partial charge in [0.25, 0.3) is 5.91 Å². The summed E-state index contributed by atoms with van der Waals surface area (Å²) >= 11 is 5.96. The predicted octanol–water partition coefficient (Wildman–Crippen LogP) is 3.31. The molecule has 6 heteroatoms. The van der Waals surface area contributed by atoms with E-state index in [1.165, 1.54) is 12.3 Å². The minimum atomic E-state index is -0.547. The minimum absolute atomic E-state index is 0.0366. The molecule has 0 aliphatic carbocycles. The second kappa shape index (κ2) is 5.68. The van der Waals surface area contributed by atoms with Crippen molar-refractivity contribution in [3.8, 4) is 6.07 Å². The van der Waals surface area contributed by atoms with E-state index in [0.29, 0.717) is 5.69 Å². The van der Waals surface area contributed by atoms with Crippen molar-refractivity contribution in [2.24, 2.45) is 0 Å². The normalized spacial score (nSPS) is 9.90. The summed E-state index contributed by atoms with van der Waals surface area (Å²) in [6, 6.07) is 6.90. The highest BCUT2D eigenvalue weighted by molar-refractivity contribution is 6.34. The van der Waals surface area contributed by atoms with Crippen molar-refractivity contribution in [2.45, 2.75) is 6.92 Å². The first-order valence-electron chi connectivity index (χ1n) is 5.64. The molecule has 0 unspecified atom stereocenters. The number of halogens is 2. The van der Waals surface area contributed by atoms with Crippen LogP contribution in [0, 0.1) is 24.1 Å². The fraction of sp³-hybridized carbons (Fsp3) is 0.0714. The van der Waals surface area contributed by atoms with Gasteiger partial charge in [-0.3, -0.25) is 9.78 Å². The van der Waals surface area contributed by atoms with E-state index in [-0.39, 0.29) is 21.8 Å². The van der Waals surface area contributed by atoms with Crippen LogP contribution in [0.5, 0.6) is 0 Å². The molecule has 1 heterocycles. The maximum atomic E-state index is 13.0. The largest absolute Gasteiger partial charge is 0.321 e. The second-order valence-electron chi connectivity index (χ2n) is 4.06. The molecule has 0 spiro atoms. The van der Waals surface area contributed by atoms with Gasteiger partial charge >= 0.3 is 0 Å². The highest BCUT2D eigenvalue weighted by atomic mass is 35.5. The molecule has 0 radical (unpaired) electrons. The van der Waals surface area contributed by atoms with Gasteiger partial charge in [-0.05, 0) is 31.2 Å². The molecular weight excluding hydrogens is 281 g/mol. The van der Waals surface area contributed by atoms with E-state index in [9.17, 15) is 9.18 Å². The summed E-state index contributed by atoms with van der Waals surface area (Å²) in [5.74, 6) is -1.06. The summed E-state index contributed by atoms with van der Waals surface area (Å²) in [4.78, 5) is 16.0. The maximum absolute atomic E-state index is 13.0. The topological polar surface area (TPSA) is 65.8 Å². The molecule has 0 saturated carbocycles. The number of nitriles is 1. The SMILES string of the molecule is Cc1cc(Cl)c(C(=O)Nc2ccc(F)cc2C#N)cn1. The van der Waals surface area contributed by atoms with E-state index in [1.54, 1.807) is 13.0 Å². The van der Waals surface area contributed by atoms with E-state index in [2.05, 4.69) is 10.3 Å². The van der Waals surface area contributed by atoms with Crippen molar-refractivity contribution < 1.29 is 9.18 Å². The zero-order valence-corrected chi connectivity index (χ0v) is 11.2. The number of carbonyl (C=O) groups is 1. The third-order valence-electron chi connectivity index (χ3n) is 2.59. The first-order valence-corrected chi connectivity index (χ1v) is 6.02. The van der Waals surface area contributed by atoms with Crippen LogP contribution >= 0.6 is 11.6 Å². The molecule has 0 aliphatic heterocycles. The zero-order chi connectivity index (χ0) is 14.7. The van der Waals surface area contributed by atoms with Gasteiger partial charge in [-0.2, -0.15) is 5.26 Å². The monoisotopic (exact) mass is 289 g/mol. The van der Waals surface area contributed by atoms with Gasteiger partial charge in [-0.15, -0.1) is 0 Å². The molecule has 0 aliphatic rings. The minimum Gasteiger partial charge on any atom is -0.321 e. The Bertz CT molecular complexity index is 725. The number of amides is 1. The Labute approximate surface area is 119 Å². The van der Waals surface area contributed by atoms with Gasteiger partial charge in [0.15, 0.2) is 0 Å². The van der Waals surface area contributed by atoms with Crippen LogP contribution in [0.4, 0.5) is 10.1 Å². The van der Waals surface area contributed by atoms with Crippen LogP contribution in [0.15, 0.2) is 30.5 Å².